The van der Waals surface area contributed by atoms with Crippen molar-refractivity contribution in [2.24, 2.45) is 0 Å². The van der Waals surface area contributed by atoms with Crippen molar-refractivity contribution in [2.75, 3.05) is 11.9 Å². The second-order valence-electron chi connectivity index (χ2n) is 5.62. The van der Waals surface area contributed by atoms with E-state index in [1.165, 1.54) is 22.7 Å². The fraction of sp³-hybridized carbons (Fsp3) is 0.250. The van der Waals surface area contributed by atoms with Gasteiger partial charge in [-0.2, -0.15) is 0 Å². The van der Waals surface area contributed by atoms with Gasteiger partial charge in [-0.1, -0.05) is 22.6 Å². The molecule has 0 aliphatic carbocycles. The van der Waals surface area contributed by atoms with Crippen molar-refractivity contribution in [3.63, 3.8) is 0 Å². The Bertz CT molecular complexity index is 929. The van der Waals surface area contributed by atoms with Gasteiger partial charge >= 0.3 is 0 Å². The minimum atomic E-state index is -0.352. The van der Waals surface area contributed by atoms with Gasteiger partial charge in [0.05, 0.1) is 17.1 Å². The highest BCUT2D eigenvalue weighted by atomic mass is 32.1. The van der Waals surface area contributed by atoms with E-state index < -0.39 is 0 Å². The predicted molar refractivity (Wildman–Crippen MR) is 94.1 cm³/mol. The number of aryl methyl sites for hydroxylation is 1. The van der Waals surface area contributed by atoms with Crippen molar-refractivity contribution in [3.05, 3.63) is 50.5 Å². The van der Waals surface area contributed by atoms with Crippen molar-refractivity contribution >= 4 is 39.6 Å². The summed E-state index contributed by atoms with van der Waals surface area (Å²) in [7, 11) is 0. The van der Waals surface area contributed by atoms with Crippen LogP contribution < -0.4 is 5.32 Å². The lowest BCUT2D eigenvalue weighted by Gasteiger charge is -2.25. The number of thiophene rings is 1. The molecule has 0 unspecified atom stereocenters. The summed E-state index contributed by atoms with van der Waals surface area (Å²) in [5.41, 5.74) is 1.16. The zero-order valence-corrected chi connectivity index (χ0v) is 14.9. The Morgan fingerprint density at radius 2 is 2.28 bits per heavy atom. The monoisotopic (exact) mass is 374 g/mol. The number of carbonyl (C=O) groups is 2. The van der Waals surface area contributed by atoms with E-state index in [4.69, 9.17) is 4.52 Å². The third-order valence-electron chi connectivity index (χ3n) is 3.83. The Kier molecular flexibility index (Phi) is 4.10. The second kappa shape index (κ2) is 6.41. The molecule has 0 saturated carbocycles. The summed E-state index contributed by atoms with van der Waals surface area (Å²) in [4.78, 5) is 32.6. The SMILES string of the molecule is Cc1cc(C(=O)Nc2nc3c(s2)CN(C(=O)c2cccs2)CC3)no1. The van der Waals surface area contributed by atoms with Crippen LogP contribution in [0.1, 0.15) is 36.5 Å². The van der Waals surface area contributed by atoms with Crippen LogP contribution >= 0.6 is 22.7 Å². The second-order valence-corrected chi connectivity index (χ2v) is 7.65. The van der Waals surface area contributed by atoms with Gasteiger partial charge in [0.15, 0.2) is 10.8 Å². The summed E-state index contributed by atoms with van der Waals surface area (Å²) in [6.07, 6.45) is 0.682. The quantitative estimate of drug-likeness (QED) is 0.761. The Hall–Kier alpha value is -2.52. The normalized spacial score (nSPS) is 13.6. The molecule has 0 spiro atoms. The molecule has 1 aliphatic heterocycles. The molecule has 0 aromatic carbocycles. The van der Waals surface area contributed by atoms with Gasteiger partial charge in [0, 0.05) is 23.9 Å². The van der Waals surface area contributed by atoms with Gasteiger partial charge < -0.3 is 9.42 Å². The van der Waals surface area contributed by atoms with Crippen LogP contribution in [0.5, 0.6) is 0 Å². The summed E-state index contributed by atoms with van der Waals surface area (Å²) in [5.74, 6) is 0.262. The first kappa shape index (κ1) is 16.0. The highest BCUT2D eigenvalue weighted by molar-refractivity contribution is 7.16. The van der Waals surface area contributed by atoms with Gasteiger partial charge in [0.1, 0.15) is 5.76 Å². The molecule has 3 aromatic rings. The van der Waals surface area contributed by atoms with Crippen molar-refractivity contribution < 1.29 is 14.1 Å². The van der Waals surface area contributed by atoms with Crippen LogP contribution in [0.4, 0.5) is 5.13 Å². The molecule has 4 rings (SSSR count). The summed E-state index contributed by atoms with van der Waals surface area (Å²) < 4.78 is 4.91. The number of rotatable bonds is 3. The van der Waals surface area contributed by atoms with E-state index in [1.807, 2.05) is 22.4 Å². The number of fused-ring (bicyclic) bond motifs is 1. The van der Waals surface area contributed by atoms with Crippen LogP contribution in [0.2, 0.25) is 0 Å². The first-order valence-electron chi connectivity index (χ1n) is 7.66. The minimum Gasteiger partial charge on any atom is -0.361 e. The Balaban J connectivity index is 1.47. The smallest absolute Gasteiger partial charge is 0.279 e. The molecule has 0 fully saturated rings. The number of nitrogens with zero attached hydrogens (tertiary/aromatic N) is 3. The Labute approximate surface area is 151 Å². The van der Waals surface area contributed by atoms with Crippen LogP contribution in [0.3, 0.4) is 0 Å². The molecule has 7 nitrogen and oxygen atoms in total. The van der Waals surface area contributed by atoms with Crippen molar-refractivity contribution in [2.45, 2.75) is 19.9 Å². The average Bonchev–Trinajstić information content (AvgIpc) is 3.33. The van der Waals surface area contributed by atoms with Gasteiger partial charge in [-0.05, 0) is 18.4 Å². The molecule has 25 heavy (non-hydrogen) atoms. The third kappa shape index (κ3) is 3.20. The topological polar surface area (TPSA) is 88.3 Å². The lowest BCUT2D eigenvalue weighted by molar-refractivity contribution is 0.0741. The zero-order chi connectivity index (χ0) is 17.4. The molecule has 1 aliphatic rings. The van der Waals surface area contributed by atoms with E-state index in [0.29, 0.717) is 30.4 Å². The fourth-order valence-electron chi connectivity index (χ4n) is 2.61. The average molecular weight is 374 g/mol. The molecule has 1 N–H and O–H groups in total. The summed E-state index contributed by atoms with van der Waals surface area (Å²) >= 11 is 2.83. The standard InChI is InChI=1S/C16H14N4O3S2/c1-9-7-11(19-23-9)14(21)18-16-17-10-4-5-20(8-13(10)25-16)15(22)12-3-2-6-24-12/h2-3,6-7H,4-5,8H2,1H3,(H,17,18,21). The molecule has 0 saturated heterocycles. The first-order chi connectivity index (χ1) is 12.1. The van der Waals surface area contributed by atoms with Gasteiger partial charge in [0.25, 0.3) is 11.8 Å². The van der Waals surface area contributed by atoms with E-state index in [1.54, 1.807) is 13.0 Å². The molecule has 3 aromatic heterocycles. The number of hydrogen-bond donors (Lipinski definition) is 1. The highest BCUT2D eigenvalue weighted by Crippen LogP contribution is 2.29. The molecular formula is C16H14N4O3S2. The Morgan fingerprint density at radius 1 is 1.40 bits per heavy atom. The lowest BCUT2D eigenvalue weighted by atomic mass is 10.2. The molecule has 128 valence electrons. The maximum absolute atomic E-state index is 12.5. The molecule has 9 heteroatoms. The van der Waals surface area contributed by atoms with Gasteiger partial charge in [-0.3, -0.25) is 14.9 Å². The zero-order valence-electron chi connectivity index (χ0n) is 13.3. The van der Waals surface area contributed by atoms with Crippen LogP contribution in [-0.2, 0) is 13.0 Å². The summed E-state index contributed by atoms with van der Waals surface area (Å²) in [6, 6.07) is 5.28. The molecule has 0 atom stereocenters. The van der Waals surface area contributed by atoms with Crippen molar-refractivity contribution in [1.82, 2.24) is 15.0 Å². The molecule has 0 radical (unpaired) electrons. The van der Waals surface area contributed by atoms with Crippen molar-refractivity contribution in [3.8, 4) is 0 Å². The number of hydrogen-bond acceptors (Lipinski definition) is 7. The van der Waals surface area contributed by atoms with Crippen molar-refractivity contribution in [1.29, 1.82) is 0 Å². The number of amides is 2. The first-order valence-corrected chi connectivity index (χ1v) is 9.36. The van der Waals surface area contributed by atoms with E-state index in [9.17, 15) is 9.59 Å². The Morgan fingerprint density at radius 3 is 3.00 bits per heavy atom. The lowest BCUT2D eigenvalue weighted by Crippen LogP contribution is -2.35. The summed E-state index contributed by atoms with van der Waals surface area (Å²) in [6.45, 7) is 2.87. The highest BCUT2D eigenvalue weighted by Gasteiger charge is 2.26. The third-order valence-corrected chi connectivity index (χ3v) is 5.69. The maximum Gasteiger partial charge on any atom is 0.279 e. The predicted octanol–water partition coefficient (Wildman–Crippen LogP) is 2.95. The number of nitrogens with one attached hydrogen (secondary N) is 1. The molecule has 4 heterocycles. The van der Waals surface area contributed by atoms with Crippen LogP contribution in [0.25, 0.3) is 0 Å². The largest absolute Gasteiger partial charge is 0.361 e. The number of thiazole rings is 1. The molecule has 0 bridgehead atoms. The summed E-state index contributed by atoms with van der Waals surface area (Å²) in [5, 5.41) is 8.85. The number of anilines is 1. The van der Waals surface area contributed by atoms with Crippen LogP contribution in [-0.4, -0.2) is 33.4 Å². The van der Waals surface area contributed by atoms with E-state index >= 15 is 0 Å². The number of aromatic nitrogens is 2. The van der Waals surface area contributed by atoms with E-state index in [0.717, 1.165) is 15.4 Å². The maximum atomic E-state index is 12.5. The van der Waals surface area contributed by atoms with Crippen LogP contribution in [0, 0.1) is 6.92 Å². The number of carbonyl (C=O) groups excluding carboxylic acids is 2. The minimum absolute atomic E-state index is 0.0395. The van der Waals surface area contributed by atoms with E-state index in [2.05, 4.69) is 15.5 Å². The van der Waals surface area contributed by atoms with Crippen LogP contribution in [0.15, 0.2) is 28.1 Å². The molecular weight excluding hydrogens is 360 g/mol. The van der Waals surface area contributed by atoms with Gasteiger partial charge in [-0.15, -0.1) is 11.3 Å². The molecule has 2 amide bonds. The van der Waals surface area contributed by atoms with E-state index in [-0.39, 0.29) is 17.5 Å². The fourth-order valence-corrected chi connectivity index (χ4v) is 4.32. The van der Waals surface area contributed by atoms with Gasteiger partial charge in [0.2, 0.25) is 0 Å². The van der Waals surface area contributed by atoms with Gasteiger partial charge in [-0.25, -0.2) is 4.98 Å².